The number of rotatable bonds is 24. The van der Waals surface area contributed by atoms with Crippen LogP contribution in [0.5, 0.6) is 11.5 Å². The van der Waals surface area contributed by atoms with Crippen LogP contribution in [0.3, 0.4) is 0 Å². The number of urea groups is 2. The minimum Gasteiger partial charge on any atom is -0.507 e. The summed E-state index contributed by atoms with van der Waals surface area (Å²) in [6, 6.07) is 9.63. The van der Waals surface area contributed by atoms with Gasteiger partial charge in [-0.15, -0.1) is 6.42 Å². The van der Waals surface area contributed by atoms with Gasteiger partial charge in [-0.1, -0.05) is 29.9 Å². The summed E-state index contributed by atoms with van der Waals surface area (Å²) in [7, 11) is 0. The van der Waals surface area contributed by atoms with Gasteiger partial charge in [-0.3, -0.25) is 19.2 Å². The van der Waals surface area contributed by atoms with Crippen molar-refractivity contribution in [3.8, 4) is 23.8 Å². The fraction of sp³-hybridized carbons (Fsp3) is 0.522. The molecule has 4 fully saturated rings. The summed E-state index contributed by atoms with van der Waals surface area (Å²) in [6.45, 7) is 1.16. The molecule has 6 atom stereocenters. The molecule has 4 aliphatic heterocycles. The Balaban J connectivity index is 0.000000571. The molecule has 24 heteroatoms. The Hall–Kier alpha value is -6.35. The lowest BCUT2D eigenvalue weighted by molar-refractivity contribution is -0.120. The number of terminal acetylenes is 1. The zero-order valence-corrected chi connectivity index (χ0v) is 40.9. The molecule has 0 bridgehead atoms. The number of phenols is 2. The number of nitrogens with two attached hydrogens (primary N) is 3. The maximum atomic E-state index is 12.1. The van der Waals surface area contributed by atoms with Gasteiger partial charge < -0.3 is 71.1 Å². The third kappa shape index (κ3) is 20.3. The number of carbonyl (C=O) groups is 6. The van der Waals surface area contributed by atoms with Crippen LogP contribution >= 0.6 is 23.5 Å². The van der Waals surface area contributed by atoms with Gasteiger partial charge in [0.15, 0.2) is 0 Å². The van der Waals surface area contributed by atoms with E-state index in [1.54, 1.807) is 18.3 Å². The number of carbonyl (C=O) groups excluding carboxylic acids is 6. The Morgan fingerprint density at radius 1 is 0.743 bits per heavy atom. The van der Waals surface area contributed by atoms with Crippen molar-refractivity contribution in [1.82, 2.24) is 32.7 Å². The maximum absolute atomic E-state index is 12.1. The first kappa shape index (κ1) is 61.7. The summed E-state index contributed by atoms with van der Waals surface area (Å²) in [5.74, 6) is 3.11. The monoisotopic (exact) mass is 1010 g/mol. The fourth-order valence-electron chi connectivity index (χ4n) is 7.98. The van der Waals surface area contributed by atoms with E-state index < -0.39 is 11.8 Å². The second-order valence-corrected chi connectivity index (χ2v) is 19.1. The molecular weight excluding hydrogens is 945 g/mol. The average molecular weight is 1020 g/mol. The minimum absolute atomic E-state index is 0. The topological polar surface area (TPSA) is 428 Å². The van der Waals surface area contributed by atoms with Crippen molar-refractivity contribution in [3.05, 3.63) is 75.3 Å². The molecule has 22 nitrogen and oxygen atoms in total. The van der Waals surface area contributed by atoms with E-state index in [1.165, 1.54) is 24.3 Å². The maximum Gasteiger partial charge on any atom is 0.315 e. The Bertz CT molecular complexity index is 2190. The van der Waals surface area contributed by atoms with Crippen LogP contribution in [0.1, 0.15) is 122 Å². The fourth-order valence-corrected chi connectivity index (χ4v) is 11.1. The van der Waals surface area contributed by atoms with E-state index in [9.17, 15) is 39.0 Å². The van der Waals surface area contributed by atoms with Gasteiger partial charge >= 0.3 is 12.1 Å². The third-order valence-corrected chi connectivity index (χ3v) is 14.6. The highest BCUT2D eigenvalue weighted by atomic mass is 32.2. The Kier molecular flexibility index (Phi) is 28.6. The van der Waals surface area contributed by atoms with Crippen LogP contribution in [0.25, 0.3) is 16.1 Å². The molecule has 0 aliphatic carbocycles. The number of nitrogens with zero attached hydrogens (tertiary/aromatic N) is 3. The van der Waals surface area contributed by atoms with Gasteiger partial charge in [0.2, 0.25) is 0 Å². The van der Waals surface area contributed by atoms with Crippen LogP contribution in [0, 0.1) is 12.3 Å². The lowest BCUT2D eigenvalue weighted by Gasteiger charge is -2.16. The van der Waals surface area contributed by atoms with Crippen LogP contribution in [0.15, 0.2) is 47.7 Å². The van der Waals surface area contributed by atoms with Crippen LogP contribution in [-0.4, -0.2) is 116 Å². The van der Waals surface area contributed by atoms with Gasteiger partial charge in [0.1, 0.15) is 23.1 Å². The third-order valence-electron chi connectivity index (χ3n) is 11.6. The number of primary amides is 2. The normalized spacial score (nSPS) is 20.0. The molecule has 70 heavy (non-hydrogen) atoms. The summed E-state index contributed by atoms with van der Waals surface area (Å²) >= 11 is 3.82. The first-order chi connectivity index (χ1) is 32.2. The number of hydrogen-bond acceptors (Lipinski definition) is 14. The largest absolute Gasteiger partial charge is 0.507 e. The van der Waals surface area contributed by atoms with Crippen molar-refractivity contribution in [3.63, 3.8) is 0 Å². The number of nitrogens with one attached hydrogen (secondary N) is 5. The van der Waals surface area contributed by atoms with Gasteiger partial charge in [-0.25, -0.2) is 9.59 Å². The van der Waals surface area contributed by atoms with Crippen LogP contribution in [-0.2, 0) is 9.59 Å². The number of ketones is 2. The molecule has 6 amide bonds. The molecule has 386 valence electrons. The molecule has 20 N–H and O–H groups in total. The SMILES string of the molecule is C#Cc1ccc(C(N)=O)c(O)c1.N.NC(=O)c1ccc(/C(N)=C/NCCCCC(=O)CCCC[C@@H]2SC[C@@H]3NC(=O)N[C@@H]32)cc1O.O.O.[N-]=[N+]=NCCCCC(=O)CCCC[C@@H]1SC[C@@H]2NC(=O)N[C@@H]21. The van der Waals surface area contributed by atoms with Gasteiger partial charge in [0, 0.05) is 83.0 Å². The van der Waals surface area contributed by atoms with Crippen molar-refractivity contribution in [2.24, 2.45) is 22.3 Å². The number of azide groups is 1. The summed E-state index contributed by atoms with van der Waals surface area (Å²) in [5, 5.41) is 38.4. The van der Waals surface area contributed by atoms with Crippen molar-refractivity contribution in [2.45, 2.75) is 125 Å². The Labute approximate surface area is 416 Å². The van der Waals surface area contributed by atoms with Crippen molar-refractivity contribution in [1.29, 1.82) is 0 Å². The van der Waals surface area contributed by atoms with E-state index in [0.29, 0.717) is 77.7 Å². The van der Waals surface area contributed by atoms with Crippen molar-refractivity contribution >= 4 is 64.7 Å². The van der Waals surface area contributed by atoms with Gasteiger partial charge in [0.25, 0.3) is 11.8 Å². The van der Waals surface area contributed by atoms with E-state index in [4.69, 9.17) is 29.2 Å². The predicted molar refractivity (Wildman–Crippen MR) is 273 cm³/mol. The minimum atomic E-state index is -0.697. The van der Waals surface area contributed by atoms with Crippen molar-refractivity contribution < 1.29 is 49.9 Å². The lowest BCUT2D eigenvalue weighted by atomic mass is 10.0. The summed E-state index contributed by atoms with van der Waals surface area (Å²) < 4.78 is 0. The molecule has 2 aromatic carbocycles. The molecule has 0 aromatic heterocycles. The van der Waals surface area contributed by atoms with E-state index in [1.807, 2.05) is 23.5 Å². The first-order valence-corrected chi connectivity index (χ1v) is 24.6. The summed E-state index contributed by atoms with van der Waals surface area (Å²) in [5.41, 5.74) is 25.9. The molecule has 4 saturated heterocycles. The first-order valence-electron chi connectivity index (χ1n) is 22.5. The number of hydrogen-bond donors (Lipinski definition) is 11. The molecule has 0 spiro atoms. The number of aromatic hydroxyl groups is 2. The van der Waals surface area contributed by atoms with Gasteiger partial charge in [-0.2, -0.15) is 23.5 Å². The zero-order valence-electron chi connectivity index (χ0n) is 39.3. The number of fused-ring (bicyclic) bond motifs is 2. The average Bonchev–Trinajstić information content (AvgIpc) is 4.06. The zero-order chi connectivity index (χ0) is 48.7. The second-order valence-electron chi connectivity index (χ2n) is 16.6. The highest BCUT2D eigenvalue weighted by Gasteiger charge is 2.43. The standard InChI is InChI=1S/C23H33N5O4S.C14H23N5O2S.C9H7NO2.H3N.2H2O/c24-17(14-8-9-16(22(25)31)19(30)11-14)12-26-10-4-3-6-15(29)5-1-2-7-20-21-18(13-33-20)27-23(32)28-21;15-19-16-8-4-3-6-10(20)5-1-2-7-12-13-11(9-22-12)17-14(21)18-13;1-2-6-3-4-7(9(10)12)8(11)5-6;;;/h8-9,11-12,18,20-21,26,30H,1-7,10,13,24H2,(H2,25,31)(H2,27,28,32);11-13H,1-9H2,(H2,17,18,21);1,3-5,11H,(H2,10,12);1H3;2*1H2/b17-12-;;;;;/t18-,20-,21-;11-,12-,13-;;;;/m00..../s1. The van der Waals surface area contributed by atoms with E-state index >= 15 is 0 Å². The second kappa shape index (κ2) is 32.5. The van der Waals surface area contributed by atoms with E-state index in [-0.39, 0.29) is 76.0 Å². The predicted octanol–water partition coefficient (Wildman–Crippen LogP) is 3.55. The van der Waals surface area contributed by atoms with Gasteiger partial charge in [-0.05, 0) is 87.2 Å². The molecule has 2 aromatic rings. The number of Topliss-reactive ketones (excluding diaryl/α,β-unsaturated/α-hetero) is 2. The number of unbranched alkanes of at least 4 members (excludes halogenated alkanes) is 4. The molecule has 4 heterocycles. The number of benzene rings is 2. The van der Waals surface area contributed by atoms with Crippen LogP contribution in [0.2, 0.25) is 0 Å². The van der Waals surface area contributed by atoms with E-state index in [2.05, 4.69) is 42.5 Å². The highest BCUT2D eigenvalue weighted by Crippen LogP contribution is 2.34. The van der Waals surface area contributed by atoms with Crippen LogP contribution in [0.4, 0.5) is 9.59 Å². The molecule has 4 aliphatic rings. The van der Waals surface area contributed by atoms with Gasteiger partial charge in [0.05, 0.1) is 41.0 Å². The molecule has 0 unspecified atom stereocenters. The summed E-state index contributed by atoms with van der Waals surface area (Å²) in [4.78, 5) is 71.0. The summed E-state index contributed by atoms with van der Waals surface area (Å²) in [6.07, 6.45) is 18.3. The lowest BCUT2D eigenvalue weighted by Crippen LogP contribution is -2.36. The number of thioether (sulfide) groups is 2. The Morgan fingerprint density at radius 3 is 1.67 bits per heavy atom. The quantitative estimate of drug-likeness (QED) is 0.0179. The smallest absolute Gasteiger partial charge is 0.315 e. The molecule has 0 radical (unpaired) electrons. The molecule has 0 saturated carbocycles. The molecular formula is C46H70N12O10S2. The Morgan fingerprint density at radius 2 is 1.21 bits per heavy atom. The number of amides is 6. The van der Waals surface area contributed by atoms with Crippen LogP contribution < -0.4 is 49.9 Å². The molecule has 6 rings (SSSR count). The van der Waals surface area contributed by atoms with E-state index in [0.717, 1.165) is 75.7 Å². The highest BCUT2D eigenvalue weighted by molar-refractivity contribution is 8.00. The van der Waals surface area contributed by atoms with Crippen molar-refractivity contribution in [2.75, 3.05) is 24.6 Å².